The molecular formula is C29H33N. The van der Waals surface area contributed by atoms with Crippen molar-refractivity contribution in [2.75, 3.05) is 19.6 Å². The van der Waals surface area contributed by atoms with E-state index in [9.17, 15) is 0 Å². The number of hydrogen-bond acceptors (Lipinski definition) is 1. The van der Waals surface area contributed by atoms with E-state index in [-0.39, 0.29) is 0 Å². The largest absolute Gasteiger partial charge is 0.303 e. The van der Waals surface area contributed by atoms with E-state index in [1.165, 1.54) is 74.0 Å². The van der Waals surface area contributed by atoms with Crippen molar-refractivity contribution >= 4 is 11.6 Å². The third kappa shape index (κ3) is 5.93. The molecule has 4 rings (SSSR count). The number of nitrogens with zero attached hydrogens (tertiary/aromatic N) is 1. The first-order valence-corrected chi connectivity index (χ1v) is 11.5. The summed E-state index contributed by atoms with van der Waals surface area (Å²) >= 11 is 0. The van der Waals surface area contributed by atoms with E-state index in [1.54, 1.807) is 0 Å². The van der Waals surface area contributed by atoms with Crippen LogP contribution >= 0.6 is 0 Å². The first-order valence-electron chi connectivity index (χ1n) is 11.5. The molecule has 1 heteroatoms. The molecule has 30 heavy (non-hydrogen) atoms. The molecule has 0 radical (unpaired) electrons. The number of allylic oxidation sites excluding steroid dienone is 1. The Kier molecular flexibility index (Phi) is 7.52. The van der Waals surface area contributed by atoms with E-state index >= 15 is 0 Å². The predicted octanol–water partition coefficient (Wildman–Crippen LogP) is 6.96. The number of rotatable bonds is 8. The van der Waals surface area contributed by atoms with Gasteiger partial charge in [0.05, 0.1) is 0 Å². The molecule has 3 aromatic rings. The summed E-state index contributed by atoms with van der Waals surface area (Å²) in [6.07, 6.45) is 8.71. The van der Waals surface area contributed by atoms with Crippen LogP contribution in [0.5, 0.6) is 0 Å². The third-order valence-corrected chi connectivity index (χ3v) is 6.29. The second-order valence-electron chi connectivity index (χ2n) is 8.44. The fraction of sp³-hybridized carbons (Fsp3) is 0.310. The molecule has 1 aliphatic rings. The summed E-state index contributed by atoms with van der Waals surface area (Å²) in [5.74, 6) is 0.646. The number of benzene rings is 3. The Morgan fingerprint density at radius 2 is 1.33 bits per heavy atom. The van der Waals surface area contributed by atoms with E-state index in [1.807, 2.05) is 0 Å². The number of likely N-dealkylation sites (tertiary alicyclic amines) is 1. The zero-order valence-corrected chi connectivity index (χ0v) is 17.9. The molecule has 0 amide bonds. The average Bonchev–Trinajstić information content (AvgIpc) is 2.83. The first-order chi connectivity index (χ1) is 14.9. The molecule has 0 aliphatic carbocycles. The summed E-state index contributed by atoms with van der Waals surface area (Å²) in [7, 11) is 0. The van der Waals surface area contributed by atoms with Gasteiger partial charge in [-0.25, -0.2) is 0 Å². The van der Waals surface area contributed by atoms with Crippen LogP contribution in [-0.4, -0.2) is 24.5 Å². The maximum atomic E-state index is 2.67. The summed E-state index contributed by atoms with van der Waals surface area (Å²) in [6, 6.07) is 32.6. The van der Waals surface area contributed by atoms with Gasteiger partial charge in [0.25, 0.3) is 0 Å². The number of aryl methyl sites for hydroxylation is 1. The zero-order chi connectivity index (χ0) is 20.4. The fourth-order valence-electron chi connectivity index (χ4n) is 4.57. The Bertz CT molecular complexity index is 891. The molecule has 1 saturated heterocycles. The van der Waals surface area contributed by atoms with Crippen LogP contribution in [-0.2, 0) is 6.42 Å². The van der Waals surface area contributed by atoms with Gasteiger partial charge < -0.3 is 4.90 Å². The van der Waals surface area contributed by atoms with Gasteiger partial charge >= 0.3 is 0 Å². The van der Waals surface area contributed by atoms with Crippen LogP contribution in [0.4, 0.5) is 0 Å². The molecule has 1 heterocycles. The Morgan fingerprint density at radius 1 is 0.733 bits per heavy atom. The van der Waals surface area contributed by atoms with Gasteiger partial charge in [0.1, 0.15) is 0 Å². The summed E-state index contributed by atoms with van der Waals surface area (Å²) < 4.78 is 0. The Labute approximate surface area is 182 Å². The molecule has 0 atom stereocenters. The summed E-state index contributed by atoms with van der Waals surface area (Å²) in [5, 5.41) is 0. The molecule has 1 nitrogen and oxygen atoms in total. The highest BCUT2D eigenvalue weighted by atomic mass is 15.1. The average molecular weight is 396 g/mol. The molecule has 0 N–H and O–H groups in total. The van der Waals surface area contributed by atoms with Crippen LogP contribution in [0.3, 0.4) is 0 Å². The predicted molar refractivity (Wildman–Crippen MR) is 129 cm³/mol. The second-order valence-corrected chi connectivity index (χ2v) is 8.44. The summed E-state index contributed by atoms with van der Waals surface area (Å²) in [5.41, 5.74) is 5.66. The van der Waals surface area contributed by atoms with Crippen molar-refractivity contribution < 1.29 is 0 Å². The van der Waals surface area contributed by atoms with Crippen LogP contribution in [0.25, 0.3) is 11.6 Å². The minimum absolute atomic E-state index is 0.646. The minimum Gasteiger partial charge on any atom is -0.303 e. The SMILES string of the molecule is C(=C(/c1ccccc1)C1CCN(CCCCc2ccccc2)CC1)/c1ccccc1. The lowest BCUT2D eigenvalue weighted by Gasteiger charge is -2.33. The van der Waals surface area contributed by atoms with Crippen LogP contribution in [0.15, 0.2) is 91.0 Å². The lowest BCUT2D eigenvalue weighted by Crippen LogP contribution is -2.34. The van der Waals surface area contributed by atoms with Gasteiger partial charge in [-0.2, -0.15) is 0 Å². The molecule has 1 aliphatic heterocycles. The maximum Gasteiger partial charge on any atom is -0.00129 e. The number of unbranched alkanes of at least 4 members (excludes halogenated alkanes) is 1. The van der Waals surface area contributed by atoms with Gasteiger partial charge in [-0.1, -0.05) is 97.1 Å². The van der Waals surface area contributed by atoms with Crippen molar-refractivity contribution in [1.29, 1.82) is 0 Å². The standard InChI is InChI=1S/C29H33N/c1-4-12-25(13-5-1)14-10-11-21-30-22-19-28(20-23-30)29(27-17-8-3-9-18-27)24-26-15-6-2-7-16-26/h1-9,12-13,15-18,24,28H,10-11,14,19-23H2/b29-24+. The molecule has 0 spiro atoms. The van der Waals surface area contributed by atoms with Crippen molar-refractivity contribution in [3.05, 3.63) is 108 Å². The van der Waals surface area contributed by atoms with Gasteiger partial charge in [-0.05, 0) is 79.9 Å². The monoisotopic (exact) mass is 395 g/mol. The number of piperidine rings is 1. The van der Waals surface area contributed by atoms with E-state index in [2.05, 4.69) is 102 Å². The van der Waals surface area contributed by atoms with Gasteiger partial charge in [0.15, 0.2) is 0 Å². The van der Waals surface area contributed by atoms with Gasteiger partial charge in [0.2, 0.25) is 0 Å². The smallest absolute Gasteiger partial charge is 0.00129 e. The fourth-order valence-corrected chi connectivity index (χ4v) is 4.57. The Hall–Kier alpha value is -2.64. The van der Waals surface area contributed by atoms with Crippen molar-refractivity contribution in [1.82, 2.24) is 4.90 Å². The lowest BCUT2D eigenvalue weighted by molar-refractivity contribution is 0.203. The molecular weight excluding hydrogens is 362 g/mol. The molecule has 0 saturated carbocycles. The molecule has 1 fully saturated rings. The van der Waals surface area contributed by atoms with Crippen molar-refractivity contribution in [3.63, 3.8) is 0 Å². The summed E-state index contributed by atoms with van der Waals surface area (Å²) in [6.45, 7) is 3.67. The van der Waals surface area contributed by atoms with Crippen molar-refractivity contribution in [2.24, 2.45) is 5.92 Å². The van der Waals surface area contributed by atoms with Crippen molar-refractivity contribution in [3.8, 4) is 0 Å². The van der Waals surface area contributed by atoms with E-state index in [4.69, 9.17) is 0 Å². The first kappa shape index (κ1) is 20.6. The van der Waals surface area contributed by atoms with Crippen LogP contribution < -0.4 is 0 Å². The van der Waals surface area contributed by atoms with Crippen LogP contribution in [0.1, 0.15) is 42.4 Å². The maximum absolute atomic E-state index is 2.67. The Balaban J connectivity index is 1.32. The topological polar surface area (TPSA) is 3.24 Å². The molecule has 0 bridgehead atoms. The normalized spacial score (nSPS) is 15.9. The van der Waals surface area contributed by atoms with E-state index in [0.717, 1.165) is 0 Å². The highest BCUT2D eigenvalue weighted by molar-refractivity contribution is 5.82. The molecule has 3 aromatic carbocycles. The molecule has 154 valence electrons. The molecule has 0 aromatic heterocycles. The number of hydrogen-bond donors (Lipinski definition) is 0. The van der Waals surface area contributed by atoms with Crippen LogP contribution in [0, 0.1) is 5.92 Å². The second kappa shape index (κ2) is 10.9. The van der Waals surface area contributed by atoms with E-state index in [0.29, 0.717) is 5.92 Å². The van der Waals surface area contributed by atoms with E-state index < -0.39 is 0 Å². The van der Waals surface area contributed by atoms with Gasteiger partial charge in [-0.3, -0.25) is 0 Å². The highest BCUT2D eigenvalue weighted by Crippen LogP contribution is 2.33. The minimum atomic E-state index is 0.646. The van der Waals surface area contributed by atoms with Crippen molar-refractivity contribution in [2.45, 2.75) is 32.1 Å². The highest BCUT2D eigenvalue weighted by Gasteiger charge is 2.22. The lowest BCUT2D eigenvalue weighted by atomic mass is 9.84. The summed E-state index contributed by atoms with van der Waals surface area (Å²) in [4.78, 5) is 2.67. The van der Waals surface area contributed by atoms with Gasteiger partial charge in [-0.15, -0.1) is 0 Å². The third-order valence-electron chi connectivity index (χ3n) is 6.29. The molecule has 0 unspecified atom stereocenters. The quantitative estimate of drug-likeness (QED) is 0.294. The zero-order valence-electron chi connectivity index (χ0n) is 17.9. The van der Waals surface area contributed by atoms with Gasteiger partial charge in [0, 0.05) is 0 Å². The Morgan fingerprint density at radius 3 is 2.00 bits per heavy atom. The van der Waals surface area contributed by atoms with Crippen LogP contribution in [0.2, 0.25) is 0 Å².